The molecule has 0 saturated heterocycles. The molecule has 0 aliphatic heterocycles. The molecular weight excluding hydrogens is 243 g/mol. The van der Waals surface area contributed by atoms with Crippen molar-refractivity contribution in [3.05, 3.63) is 29.6 Å². The summed E-state index contributed by atoms with van der Waals surface area (Å²) in [5, 5.41) is 0.0824. The highest BCUT2D eigenvalue weighted by Gasteiger charge is 2.21. The summed E-state index contributed by atoms with van der Waals surface area (Å²) in [4.78, 5) is 0. The second-order valence-electron chi connectivity index (χ2n) is 3.09. The lowest BCUT2D eigenvalue weighted by molar-refractivity contribution is 0.483. The van der Waals surface area contributed by atoms with Crippen LogP contribution in [0.2, 0.25) is 0 Å². The maximum atomic E-state index is 12.9. The van der Waals surface area contributed by atoms with Crippen LogP contribution in [0.25, 0.3) is 11.0 Å². The summed E-state index contributed by atoms with van der Waals surface area (Å²) in [6, 6.07) is 3.76. The minimum Gasteiger partial charge on any atom is -0.443 e. The molecule has 0 spiro atoms. The highest BCUT2D eigenvalue weighted by Crippen LogP contribution is 2.30. The van der Waals surface area contributed by atoms with Crippen molar-refractivity contribution in [1.82, 2.24) is 0 Å². The van der Waals surface area contributed by atoms with Gasteiger partial charge in [0.15, 0.2) is 0 Å². The van der Waals surface area contributed by atoms with Gasteiger partial charge in [0.25, 0.3) is 9.05 Å². The van der Waals surface area contributed by atoms with E-state index in [4.69, 9.17) is 15.1 Å². The number of rotatable bonds is 1. The van der Waals surface area contributed by atoms with Crippen LogP contribution < -0.4 is 0 Å². The summed E-state index contributed by atoms with van der Waals surface area (Å²) in [7, 11) is 1.23. The highest BCUT2D eigenvalue weighted by molar-refractivity contribution is 8.13. The molecule has 0 fully saturated rings. The Balaban J connectivity index is 2.87. The molecule has 0 atom stereocenters. The van der Waals surface area contributed by atoms with Gasteiger partial charge in [-0.3, -0.25) is 0 Å². The number of benzene rings is 1. The normalized spacial score (nSPS) is 12.2. The van der Waals surface area contributed by atoms with E-state index in [0.717, 1.165) is 0 Å². The van der Waals surface area contributed by atoms with E-state index in [1.54, 1.807) is 0 Å². The Morgan fingerprint density at radius 2 is 2.07 bits per heavy atom. The van der Waals surface area contributed by atoms with Crippen LogP contribution in [-0.4, -0.2) is 8.42 Å². The average molecular weight is 249 g/mol. The molecular formula is C9H6ClFO3S. The Morgan fingerprint density at radius 1 is 1.40 bits per heavy atom. The maximum Gasteiger partial charge on any atom is 0.294 e. The zero-order chi connectivity index (χ0) is 11.2. The summed E-state index contributed by atoms with van der Waals surface area (Å²) >= 11 is 0. The third-order valence-corrected chi connectivity index (χ3v) is 3.33. The first-order valence-electron chi connectivity index (χ1n) is 4.03. The van der Waals surface area contributed by atoms with E-state index in [2.05, 4.69) is 0 Å². The Hall–Kier alpha value is -1.07. The predicted octanol–water partition coefficient (Wildman–Crippen LogP) is 2.81. The quantitative estimate of drug-likeness (QED) is 0.729. The Labute approximate surface area is 89.9 Å². The largest absolute Gasteiger partial charge is 0.443 e. The van der Waals surface area contributed by atoms with Crippen molar-refractivity contribution >= 4 is 30.7 Å². The first-order valence-corrected chi connectivity index (χ1v) is 6.34. The Kier molecular flexibility index (Phi) is 2.24. The van der Waals surface area contributed by atoms with Crippen molar-refractivity contribution in [3.63, 3.8) is 0 Å². The summed E-state index contributed by atoms with van der Waals surface area (Å²) in [5.74, 6) is -0.454. The van der Waals surface area contributed by atoms with Crippen LogP contribution in [0.4, 0.5) is 4.39 Å². The van der Waals surface area contributed by atoms with Gasteiger partial charge in [-0.25, -0.2) is 12.8 Å². The third-order valence-electron chi connectivity index (χ3n) is 2.08. The van der Waals surface area contributed by atoms with Gasteiger partial charge in [-0.1, -0.05) is 0 Å². The molecule has 1 aromatic heterocycles. The molecule has 2 rings (SSSR count). The van der Waals surface area contributed by atoms with Gasteiger partial charge in [0.1, 0.15) is 11.4 Å². The standard InChI is InChI=1S/C9H6ClFO3S/c1-5-7-4-6(11)2-3-8(7)14-9(5)15(10,12)13/h2-4H,1H3. The zero-order valence-electron chi connectivity index (χ0n) is 7.62. The van der Waals surface area contributed by atoms with Crippen molar-refractivity contribution in [2.24, 2.45) is 0 Å². The number of halogens is 2. The van der Waals surface area contributed by atoms with Gasteiger partial charge in [0.05, 0.1) is 0 Å². The fourth-order valence-corrected chi connectivity index (χ4v) is 2.51. The summed E-state index contributed by atoms with van der Waals surface area (Å²) in [6.07, 6.45) is 0. The van der Waals surface area contributed by atoms with Gasteiger partial charge in [0, 0.05) is 21.6 Å². The lowest BCUT2D eigenvalue weighted by Gasteiger charge is -1.90. The molecule has 6 heteroatoms. The topological polar surface area (TPSA) is 47.3 Å². The molecule has 0 N–H and O–H groups in total. The number of fused-ring (bicyclic) bond motifs is 1. The fourth-order valence-electron chi connectivity index (χ4n) is 1.40. The molecule has 15 heavy (non-hydrogen) atoms. The second-order valence-corrected chi connectivity index (χ2v) is 5.56. The van der Waals surface area contributed by atoms with Crippen LogP contribution in [0.15, 0.2) is 27.7 Å². The van der Waals surface area contributed by atoms with Crippen molar-refractivity contribution in [2.75, 3.05) is 0 Å². The first kappa shape index (κ1) is 10.4. The van der Waals surface area contributed by atoms with E-state index in [-0.39, 0.29) is 5.09 Å². The molecule has 3 nitrogen and oxygen atoms in total. The van der Waals surface area contributed by atoms with Crippen molar-refractivity contribution in [1.29, 1.82) is 0 Å². The average Bonchev–Trinajstić information content (AvgIpc) is 2.43. The molecule has 0 saturated carbocycles. The van der Waals surface area contributed by atoms with Gasteiger partial charge < -0.3 is 4.42 Å². The monoisotopic (exact) mass is 248 g/mol. The number of aryl methyl sites for hydroxylation is 1. The van der Waals surface area contributed by atoms with Gasteiger partial charge in [-0.15, -0.1) is 0 Å². The Morgan fingerprint density at radius 3 is 2.67 bits per heavy atom. The molecule has 1 heterocycles. The van der Waals surface area contributed by atoms with Crippen molar-refractivity contribution in [2.45, 2.75) is 12.0 Å². The van der Waals surface area contributed by atoms with Crippen LogP contribution in [-0.2, 0) is 9.05 Å². The molecule has 0 radical (unpaired) electrons. The van der Waals surface area contributed by atoms with E-state index in [9.17, 15) is 12.8 Å². The molecule has 80 valence electrons. The van der Waals surface area contributed by atoms with Crippen LogP contribution in [0.5, 0.6) is 0 Å². The SMILES string of the molecule is Cc1c(S(=O)(=O)Cl)oc2ccc(F)cc12. The van der Waals surface area contributed by atoms with Crippen LogP contribution >= 0.6 is 10.7 Å². The molecule has 2 aromatic rings. The third kappa shape index (κ3) is 1.72. The number of hydrogen-bond acceptors (Lipinski definition) is 3. The molecule has 0 aliphatic rings. The summed E-state index contributed by atoms with van der Waals surface area (Å²) in [6.45, 7) is 1.51. The van der Waals surface area contributed by atoms with Crippen LogP contribution in [0.3, 0.4) is 0 Å². The number of furan rings is 1. The minimum absolute atomic E-state index is 0.299. The van der Waals surface area contributed by atoms with Crippen molar-refractivity contribution < 1.29 is 17.2 Å². The molecule has 0 bridgehead atoms. The predicted molar refractivity (Wildman–Crippen MR) is 53.9 cm³/mol. The minimum atomic E-state index is -3.93. The van der Waals surface area contributed by atoms with Crippen LogP contribution in [0.1, 0.15) is 5.56 Å². The maximum absolute atomic E-state index is 12.9. The molecule has 0 aliphatic carbocycles. The second kappa shape index (κ2) is 3.21. The highest BCUT2D eigenvalue weighted by atomic mass is 35.7. The lowest BCUT2D eigenvalue weighted by Crippen LogP contribution is -1.89. The van der Waals surface area contributed by atoms with E-state index < -0.39 is 14.9 Å². The smallest absolute Gasteiger partial charge is 0.294 e. The first-order chi connectivity index (χ1) is 6.89. The zero-order valence-corrected chi connectivity index (χ0v) is 9.19. The fraction of sp³-hybridized carbons (Fsp3) is 0.111. The van der Waals surface area contributed by atoms with E-state index in [1.165, 1.54) is 25.1 Å². The van der Waals surface area contributed by atoms with Crippen molar-refractivity contribution in [3.8, 4) is 0 Å². The lowest BCUT2D eigenvalue weighted by atomic mass is 10.2. The van der Waals surface area contributed by atoms with Gasteiger partial charge in [-0.2, -0.15) is 0 Å². The molecule has 0 unspecified atom stereocenters. The number of hydrogen-bond donors (Lipinski definition) is 0. The van der Waals surface area contributed by atoms with Gasteiger partial charge in [-0.05, 0) is 25.1 Å². The van der Waals surface area contributed by atoms with E-state index in [1.807, 2.05) is 0 Å². The van der Waals surface area contributed by atoms with Crippen LogP contribution in [0, 0.1) is 12.7 Å². The molecule has 1 aromatic carbocycles. The summed E-state index contributed by atoms with van der Waals surface area (Å²) < 4.78 is 40.1. The van der Waals surface area contributed by atoms with E-state index >= 15 is 0 Å². The van der Waals surface area contributed by atoms with E-state index in [0.29, 0.717) is 16.5 Å². The Bertz CT molecular complexity index is 630. The summed E-state index contributed by atoms with van der Waals surface area (Å²) in [5.41, 5.74) is 0.618. The molecule has 0 amide bonds. The van der Waals surface area contributed by atoms with Gasteiger partial charge in [0.2, 0.25) is 5.09 Å². The van der Waals surface area contributed by atoms with Gasteiger partial charge >= 0.3 is 0 Å².